The highest BCUT2D eigenvalue weighted by atomic mass is 35.5. The number of rotatable bonds is 7. The van der Waals surface area contributed by atoms with Crippen molar-refractivity contribution >= 4 is 46.4 Å². The van der Waals surface area contributed by atoms with Crippen molar-refractivity contribution in [3.05, 3.63) is 45.7 Å². The molecule has 2 aromatic rings. The summed E-state index contributed by atoms with van der Waals surface area (Å²) in [6.07, 6.45) is 0.371. The van der Waals surface area contributed by atoms with Gasteiger partial charge in [0.2, 0.25) is 0 Å². The Morgan fingerprint density at radius 1 is 1.29 bits per heavy atom. The quantitative estimate of drug-likeness (QED) is 0.600. The first-order valence-electron chi connectivity index (χ1n) is 7.14. The van der Waals surface area contributed by atoms with Gasteiger partial charge in [0, 0.05) is 12.6 Å². The Balaban J connectivity index is 1.77. The van der Waals surface area contributed by atoms with Crippen LogP contribution in [-0.2, 0) is 14.3 Å². The van der Waals surface area contributed by atoms with Crippen molar-refractivity contribution in [2.45, 2.75) is 25.9 Å². The molecule has 1 atom stereocenters. The number of aromatic nitrogens is 1. The van der Waals surface area contributed by atoms with Gasteiger partial charge in [-0.15, -0.1) is 11.3 Å². The van der Waals surface area contributed by atoms with Gasteiger partial charge in [-0.25, -0.2) is 4.98 Å². The number of carbonyl (C=O) groups is 3. The Labute approximate surface area is 147 Å². The Kier molecular flexibility index (Phi) is 6.45. The first-order chi connectivity index (χ1) is 11.5. The van der Waals surface area contributed by atoms with E-state index in [9.17, 15) is 14.4 Å². The van der Waals surface area contributed by atoms with Crippen LogP contribution in [0.3, 0.4) is 0 Å². The van der Waals surface area contributed by atoms with Crippen molar-refractivity contribution in [3.63, 3.8) is 0 Å². The molecule has 8 heteroatoms. The van der Waals surface area contributed by atoms with E-state index >= 15 is 0 Å². The average Bonchev–Trinajstić information content (AvgIpc) is 3.09. The Bertz CT molecular complexity index is 716. The molecule has 6 nitrogen and oxygen atoms in total. The second-order valence-corrected chi connectivity index (χ2v) is 6.27. The molecule has 0 bridgehead atoms. The van der Waals surface area contributed by atoms with Crippen LogP contribution in [-0.4, -0.2) is 28.7 Å². The van der Waals surface area contributed by atoms with Gasteiger partial charge in [0.25, 0.3) is 5.91 Å². The normalized spacial score (nSPS) is 11.6. The first-order valence-corrected chi connectivity index (χ1v) is 8.40. The third-order valence-corrected chi connectivity index (χ3v) is 4.14. The molecule has 1 amide bonds. The van der Waals surface area contributed by atoms with Crippen molar-refractivity contribution in [1.82, 2.24) is 4.98 Å². The summed E-state index contributed by atoms with van der Waals surface area (Å²) in [5.41, 5.74) is 0. The van der Waals surface area contributed by atoms with Crippen LogP contribution in [0.1, 0.15) is 29.4 Å². The van der Waals surface area contributed by atoms with Crippen molar-refractivity contribution in [2.24, 2.45) is 0 Å². The monoisotopic (exact) mass is 366 g/mol. The number of ether oxygens (including phenoxy) is 1. The summed E-state index contributed by atoms with van der Waals surface area (Å²) in [5.74, 6) is -0.932. The van der Waals surface area contributed by atoms with Crippen molar-refractivity contribution in [2.75, 3.05) is 5.32 Å². The molecule has 0 aliphatic rings. The number of ketones is 1. The summed E-state index contributed by atoms with van der Waals surface area (Å²) < 4.78 is 5.02. The minimum absolute atomic E-state index is 0.0480. The summed E-state index contributed by atoms with van der Waals surface area (Å²) in [7, 11) is 0. The molecule has 0 aliphatic heterocycles. The lowest BCUT2D eigenvalue weighted by Gasteiger charge is -2.13. The van der Waals surface area contributed by atoms with Crippen molar-refractivity contribution < 1.29 is 19.1 Å². The number of esters is 1. The lowest BCUT2D eigenvalue weighted by Crippen LogP contribution is -2.30. The molecule has 2 aromatic heterocycles. The molecule has 0 unspecified atom stereocenters. The van der Waals surface area contributed by atoms with E-state index in [1.165, 1.54) is 30.5 Å². The Morgan fingerprint density at radius 2 is 2.08 bits per heavy atom. The Morgan fingerprint density at radius 3 is 2.71 bits per heavy atom. The lowest BCUT2D eigenvalue weighted by atomic mass is 10.2. The molecular weight excluding hydrogens is 352 g/mol. The fraction of sp³-hybridized carbons (Fsp3) is 0.250. The maximum atomic E-state index is 11.9. The van der Waals surface area contributed by atoms with Gasteiger partial charge >= 0.3 is 5.97 Å². The van der Waals surface area contributed by atoms with Gasteiger partial charge in [-0.1, -0.05) is 17.7 Å². The summed E-state index contributed by atoms with van der Waals surface area (Å²) in [4.78, 5) is 40.0. The molecule has 126 valence electrons. The van der Waals surface area contributed by atoms with E-state index in [4.69, 9.17) is 16.3 Å². The number of nitrogens with zero attached hydrogens (tertiary/aromatic N) is 1. The third-order valence-electron chi connectivity index (χ3n) is 3.01. The second-order valence-electron chi connectivity index (χ2n) is 4.88. The summed E-state index contributed by atoms with van der Waals surface area (Å²) in [6, 6.07) is 6.59. The molecule has 0 aliphatic carbocycles. The molecule has 2 rings (SSSR count). The maximum Gasteiger partial charge on any atom is 0.307 e. The number of carbonyl (C=O) groups excluding carboxylic acids is 3. The molecule has 0 aromatic carbocycles. The largest absolute Gasteiger partial charge is 0.453 e. The predicted octanol–water partition coefficient (Wildman–Crippen LogP) is 3.33. The number of halogens is 1. The summed E-state index contributed by atoms with van der Waals surface area (Å²) in [6.45, 7) is 1.45. The smallest absolute Gasteiger partial charge is 0.307 e. The van der Waals surface area contributed by atoms with Gasteiger partial charge in [0.15, 0.2) is 11.9 Å². The topological polar surface area (TPSA) is 85.4 Å². The highest BCUT2D eigenvalue weighted by Crippen LogP contribution is 2.13. The van der Waals surface area contributed by atoms with Crippen LogP contribution in [0.2, 0.25) is 5.02 Å². The minimum atomic E-state index is -0.994. The standard InChI is InChI=1S/C16H15ClN2O4S/c1-10(16(22)19-14-6-4-11(17)9-18-14)23-15(21)7-5-12(20)13-3-2-8-24-13/h2-4,6,8-10H,5,7H2,1H3,(H,18,19,22)/t10-/m1/s1. The molecule has 0 radical (unpaired) electrons. The number of nitrogens with one attached hydrogen (secondary N) is 1. The van der Waals surface area contributed by atoms with E-state index in [0.717, 1.165) is 0 Å². The Hall–Kier alpha value is -2.25. The van der Waals surface area contributed by atoms with E-state index in [2.05, 4.69) is 10.3 Å². The van der Waals surface area contributed by atoms with Crippen LogP contribution in [0.15, 0.2) is 35.8 Å². The SMILES string of the molecule is C[C@@H](OC(=O)CCC(=O)c1cccs1)C(=O)Nc1ccc(Cl)cn1. The minimum Gasteiger partial charge on any atom is -0.453 e. The van der Waals surface area contributed by atoms with E-state index in [1.54, 1.807) is 23.6 Å². The second kappa shape index (κ2) is 8.56. The maximum absolute atomic E-state index is 11.9. The zero-order valence-electron chi connectivity index (χ0n) is 12.8. The van der Waals surface area contributed by atoms with Gasteiger partial charge in [-0.3, -0.25) is 14.4 Å². The van der Waals surface area contributed by atoms with Crippen LogP contribution < -0.4 is 5.32 Å². The van der Waals surface area contributed by atoms with Crippen LogP contribution in [0.5, 0.6) is 0 Å². The van der Waals surface area contributed by atoms with E-state index in [-0.39, 0.29) is 18.6 Å². The highest BCUT2D eigenvalue weighted by molar-refractivity contribution is 7.12. The van der Waals surface area contributed by atoms with Crippen LogP contribution in [0, 0.1) is 0 Å². The zero-order valence-corrected chi connectivity index (χ0v) is 14.4. The van der Waals surface area contributed by atoms with Crippen LogP contribution in [0.25, 0.3) is 0 Å². The van der Waals surface area contributed by atoms with Crippen LogP contribution in [0.4, 0.5) is 5.82 Å². The highest BCUT2D eigenvalue weighted by Gasteiger charge is 2.19. The van der Waals surface area contributed by atoms with Crippen molar-refractivity contribution in [3.8, 4) is 0 Å². The average molecular weight is 367 g/mol. The molecule has 0 saturated carbocycles. The van der Waals surface area contributed by atoms with Gasteiger partial charge in [0.1, 0.15) is 5.82 Å². The molecule has 0 saturated heterocycles. The predicted molar refractivity (Wildman–Crippen MR) is 91.3 cm³/mol. The summed E-state index contributed by atoms with van der Waals surface area (Å²) in [5, 5.41) is 4.75. The molecule has 0 spiro atoms. The fourth-order valence-electron chi connectivity index (χ4n) is 1.76. The van der Waals surface area contributed by atoms with E-state index < -0.39 is 18.0 Å². The molecular formula is C16H15ClN2O4S. The number of amides is 1. The number of anilines is 1. The molecule has 0 fully saturated rings. The molecule has 24 heavy (non-hydrogen) atoms. The first kappa shape index (κ1) is 18.1. The zero-order chi connectivity index (χ0) is 17.5. The van der Waals surface area contributed by atoms with E-state index in [0.29, 0.717) is 15.7 Å². The molecule has 2 heterocycles. The van der Waals surface area contributed by atoms with Gasteiger partial charge < -0.3 is 10.1 Å². The van der Waals surface area contributed by atoms with Gasteiger partial charge in [0.05, 0.1) is 16.3 Å². The van der Waals surface area contributed by atoms with Crippen molar-refractivity contribution in [1.29, 1.82) is 0 Å². The van der Waals surface area contributed by atoms with E-state index in [1.807, 2.05) is 0 Å². The molecule has 1 N–H and O–H groups in total. The number of hydrogen-bond acceptors (Lipinski definition) is 6. The fourth-order valence-corrected chi connectivity index (χ4v) is 2.57. The van der Waals surface area contributed by atoms with Gasteiger partial charge in [-0.2, -0.15) is 0 Å². The van der Waals surface area contributed by atoms with Gasteiger partial charge in [-0.05, 0) is 30.5 Å². The number of hydrogen-bond donors (Lipinski definition) is 1. The van der Waals surface area contributed by atoms with Crippen LogP contribution >= 0.6 is 22.9 Å². The number of Topliss-reactive ketones (excluding diaryl/α,β-unsaturated/α-hetero) is 1. The summed E-state index contributed by atoms with van der Waals surface area (Å²) >= 11 is 7.03. The number of thiophene rings is 1. The number of pyridine rings is 1. The third kappa shape index (κ3) is 5.43. The lowest BCUT2D eigenvalue weighted by molar-refractivity contribution is -0.153.